The summed E-state index contributed by atoms with van der Waals surface area (Å²) in [5.41, 5.74) is 1.13. The van der Waals surface area contributed by atoms with Crippen molar-refractivity contribution in [3.63, 3.8) is 0 Å². The molecule has 3 heteroatoms. The van der Waals surface area contributed by atoms with Gasteiger partial charge in [0.15, 0.2) is 5.78 Å². The molecule has 0 unspecified atom stereocenters. The van der Waals surface area contributed by atoms with Crippen LogP contribution in [0.4, 0.5) is 5.69 Å². The summed E-state index contributed by atoms with van der Waals surface area (Å²) in [4.78, 5) is 11.1. The second-order valence-corrected chi connectivity index (χ2v) is 2.96. The van der Waals surface area contributed by atoms with Gasteiger partial charge in [-0.05, 0) is 25.1 Å². The van der Waals surface area contributed by atoms with Crippen LogP contribution in [0.5, 0.6) is 5.75 Å². The van der Waals surface area contributed by atoms with E-state index in [0.717, 1.165) is 5.69 Å². The Morgan fingerprint density at radius 2 is 2.36 bits per heavy atom. The van der Waals surface area contributed by atoms with Gasteiger partial charge in [0.1, 0.15) is 5.75 Å². The molecule has 0 spiro atoms. The average Bonchev–Trinajstić information content (AvgIpc) is 2.16. The molecule has 0 saturated carbocycles. The molecule has 74 valence electrons. The number of benzene rings is 1. The summed E-state index contributed by atoms with van der Waals surface area (Å²) < 4.78 is 0. The Kier molecular flexibility index (Phi) is 3.29. The molecule has 0 aliphatic rings. The van der Waals surface area contributed by atoms with Gasteiger partial charge in [-0.3, -0.25) is 4.79 Å². The highest BCUT2D eigenvalue weighted by Gasteiger charge is 2.06. The number of phenolic OH excluding ortho intramolecular Hbond substituents is 1. The Hall–Kier alpha value is -1.77. The van der Waals surface area contributed by atoms with Crippen molar-refractivity contribution in [3.8, 4) is 5.75 Å². The molecule has 0 bridgehead atoms. The molecular weight excluding hydrogens is 178 g/mol. The van der Waals surface area contributed by atoms with E-state index in [0.29, 0.717) is 12.1 Å². The van der Waals surface area contributed by atoms with E-state index in [1.165, 1.54) is 13.0 Å². The van der Waals surface area contributed by atoms with Gasteiger partial charge in [-0.15, -0.1) is 6.58 Å². The van der Waals surface area contributed by atoms with Crippen molar-refractivity contribution < 1.29 is 9.90 Å². The molecule has 0 saturated heterocycles. The van der Waals surface area contributed by atoms with E-state index in [-0.39, 0.29) is 11.5 Å². The zero-order valence-corrected chi connectivity index (χ0v) is 8.08. The van der Waals surface area contributed by atoms with E-state index in [1.54, 1.807) is 18.2 Å². The molecule has 14 heavy (non-hydrogen) atoms. The van der Waals surface area contributed by atoms with Gasteiger partial charge in [0.05, 0.1) is 5.56 Å². The van der Waals surface area contributed by atoms with Crippen LogP contribution in [-0.2, 0) is 0 Å². The number of phenols is 1. The second-order valence-electron chi connectivity index (χ2n) is 2.96. The third-order valence-electron chi connectivity index (χ3n) is 1.83. The maximum absolute atomic E-state index is 11.1. The number of aromatic hydroxyl groups is 1. The van der Waals surface area contributed by atoms with Crippen molar-refractivity contribution in [2.75, 3.05) is 11.9 Å². The maximum atomic E-state index is 11.1. The van der Waals surface area contributed by atoms with Crippen molar-refractivity contribution in [2.45, 2.75) is 6.92 Å². The molecule has 0 radical (unpaired) electrons. The molecule has 1 aromatic rings. The highest BCUT2D eigenvalue weighted by molar-refractivity contribution is 5.97. The summed E-state index contributed by atoms with van der Waals surface area (Å²) in [5.74, 6) is -0.133. The summed E-state index contributed by atoms with van der Waals surface area (Å²) in [6, 6.07) is 4.84. The second kappa shape index (κ2) is 4.46. The lowest BCUT2D eigenvalue weighted by molar-refractivity contribution is 0.101. The fraction of sp³-hybridized carbons (Fsp3) is 0.182. The first-order valence-corrected chi connectivity index (χ1v) is 4.34. The third-order valence-corrected chi connectivity index (χ3v) is 1.83. The largest absolute Gasteiger partial charge is 0.507 e. The zero-order chi connectivity index (χ0) is 10.6. The predicted molar refractivity (Wildman–Crippen MR) is 56.8 cm³/mol. The van der Waals surface area contributed by atoms with Crippen molar-refractivity contribution in [1.29, 1.82) is 0 Å². The molecule has 2 N–H and O–H groups in total. The molecule has 0 aromatic heterocycles. The molecule has 0 aliphatic heterocycles. The van der Waals surface area contributed by atoms with Gasteiger partial charge >= 0.3 is 0 Å². The normalized spacial score (nSPS) is 9.50. The lowest BCUT2D eigenvalue weighted by Gasteiger charge is -2.06. The molecule has 0 atom stereocenters. The fourth-order valence-electron chi connectivity index (χ4n) is 1.12. The standard InChI is InChI=1S/C11H13NO2/c1-3-6-12-9-4-5-11(14)10(7-9)8(2)13/h3-5,7,12,14H,1,6H2,2H3. The molecular formula is C11H13NO2. The number of nitrogens with one attached hydrogen (secondary N) is 1. The number of anilines is 1. The third kappa shape index (κ3) is 2.36. The Balaban J connectivity index is 2.94. The monoisotopic (exact) mass is 191 g/mol. The van der Waals surface area contributed by atoms with Crippen LogP contribution in [-0.4, -0.2) is 17.4 Å². The quantitative estimate of drug-likeness (QED) is 0.435. The van der Waals surface area contributed by atoms with Crippen LogP contribution < -0.4 is 5.32 Å². The van der Waals surface area contributed by atoms with E-state index >= 15 is 0 Å². The van der Waals surface area contributed by atoms with Crippen molar-refractivity contribution in [2.24, 2.45) is 0 Å². The van der Waals surface area contributed by atoms with Crippen molar-refractivity contribution in [3.05, 3.63) is 36.4 Å². The molecule has 0 fully saturated rings. The van der Waals surface area contributed by atoms with Gasteiger partial charge < -0.3 is 10.4 Å². The minimum Gasteiger partial charge on any atom is -0.507 e. The number of hydrogen-bond acceptors (Lipinski definition) is 3. The van der Waals surface area contributed by atoms with Crippen LogP contribution in [0, 0.1) is 0 Å². The van der Waals surface area contributed by atoms with Gasteiger partial charge in [0, 0.05) is 12.2 Å². The maximum Gasteiger partial charge on any atom is 0.163 e. The van der Waals surface area contributed by atoms with Crippen LogP contribution in [0.2, 0.25) is 0 Å². The van der Waals surface area contributed by atoms with Crippen molar-refractivity contribution >= 4 is 11.5 Å². The first-order chi connectivity index (χ1) is 6.65. The Morgan fingerprint density at radius 1 is 1.64 bits per heavy atom. The van der Waals surface area contributed by atoms with Crippen LogP contribution in [0.25, 0.3) is 0 Å². The Morgan fingerprint density at radius 3 is 2.93 bits per heavy atom. The van der Waals surface area contributed by atoms with Gasteiger partial charge in [-0.2, -0.15) is 0 Å². The average molecular weight is 191 g/mol. The topological polar surface area (TPSA) is 49.3 Å². The summed E-state index contributed by atoms with van der Waals surface area (Å²) in [7, 11) is 0. The van der Waals surface area contributed by atoms with Crippen LogP contribution in [0.1, 0.15) is 17.3 Å². The lowest BCUT2D eigenvalue weighted by Crippen LogP contribution is -2.00. The SMILES string of the molecule is C=CCNc1ccc(O)c(C(C)=O)c1. The van der Waals surface area contributed by atoms with Crippen LogP contribution in [0.3, 0.4) is 0 Å². The molecule has 0 heterocycles. The van der Waals surface area contributed by atoms with E-state index in [1.807, 2.05) is 0 Å². The highest BCUT2D eigenvalue weighted by Crippen LogP contribution is 2.21. The van der Waals surface area contributed by atoms with Gasteiger partial charge in [-0.25, -0.2) is 0 Å². The number of hydrogen-bond donors (Lipinski definition) is 2. The van der Waals surface area contributed by atoms with Crippen LogP contribution >= 0.6 is 0 Å². The number of ketones is 1. The summed E-state index contributed by atoms with van der Waals surface area (Å²) in [6.45, 7) is 5.62. The number of carbonyl (C=O) groups is 1. The molecule has 0 aliphatic carbocycles. The predicted octanol–water partition coefficient (Wildman–Crippen LogP) is 2.19. The van der Waals surface area contributed by atoms with Crippen LogP contribution in [0.15, 0.2) is 30.9 Å². The molecule has 0 amide bonds. The van der Waals surface area contributed by atoms with Gasteiger partial charge in [0.2, 0.25) is 0 Å². The van der Waals surface area contributed by atoms with E-state index in [4.69, 9.17) is 0 Å². The minimum atomic E-state index is -0.148. The number of Topliss-reactive ketones (excluding diaryl/α,β-unsaturated/α-hetero) is 1. The fourth-order valence-corrected chi connectivity index (χ4v) is 1.12. The first kappa shape index (κ1) is 10.3. The molecule has 1 aromatic carbocycles. The Bertz CT molecular complexity index is 358. The molecule has 1 rings (SSSR count). The molecule has 3 nitrogen and oxygen atoms in total. The van der Waals surface area contributed by atoms with Crippen molar-refractivity contribution in [1.82, 2.24) is 0 Å². The zero-order valence-electron chi connectivity index (χ0n) is 8.08. The number of carbonyl (C=O) groups excluding carboxylic acids is 1. The first-order valence-electron chi connectivity index (χ1n) is 4.34. The summed E-state index contributed by atoms with van der Waals surface area (Å²) in [5, 5.41) is 12.4. The lowest BCUT2D eigenvalue weighted by atomic mass is 10.1. The Labute approximate surface area is 83.1 Å². The van der Waals surface area contributed by atoms with E-state index in [9.17, 15) is 9.90 Å². The highest BCUT2D eigenvalue weighted by atomic mass is 16.3. The summed E-state index contributed by atoms with van der Waals surface area (Å²) >= 11 is 0. The van der Waals surface area contributed by atoms with Gasteiger partial charge in [-0.1, -0.05) is 6.08 Å². The number of rotatable bonds is 4. The summed E-state index contributed by atoms with van der Waals surface area (Å²) in [6.07, 6.45) is 1.72. The van der Waals surface area contributed by atoms with E-state index in [2.05, 4.69) is 11.9 Å². The smallest absolute Gasteiger partial charge is 0.163 e. The minimum absolute atomic E-state index is 0.0154. The van der Waals surface area contributed by atoms with E-state index < -0.39 is 0 Å². The van der Waals surface area contributed by atoms with Gasteiger partial charge in [0.25, 0.3) is 0 Å².